The first-order chi connectivity index (χ1) is 15.5. The van der Waals surface area contributed by atoms with Gasteiger partial charge in [-0.1, -0.05) is 6.07 Å². The SMILES string of the molecule is CCOC(=O)c1c(NC(=O)COc2cccc(OC)c2)sc2c1CCN(C(=O)OCC)C2. The molecule has 2 amide bonds. The average molecular weight is 463 g/mol. The molecule has 3 rings (SSSR count). The van der Waals surface area contributed by atoms with Gasteiger partial charge in [0.15, 0.2) is 6.61 Å². The molecule has 0 unspecified atom stereocenters. The van der Waals surface area contributed by atoms with Crippen molar-refractivity contribution in [1.29, 1.82) is 0 Å². The van der Waals surface area contributed by atoms with E-state index in [0.717, 1.165) is 10.4 Å². The summed E-state index contributed by atoms with van der Waals surface area (Å²) in [5.74, 6) is 0.183. The van der Waals surface area contributed by atoms with Crippen LogP contribution in [0.1, 0.15) is 34.6 Å². The number of methoxy groups -OCH3 is 1. The molecular weight excluding hydrogens is 436 g/mol. The minimum Gasteiger partial charge on any atom is -0.497 e. The zero-order valence-electron chi connectivity index (χ0n) is 18.3. The molecule has 0 saturated heterocycles. The summed E-state index contributed by atoms with van der Waals surface area (Å²) in [5, 5.41) is 3.15. The summed E-state index contributed by atoms with van der Waals surface area (Å²) >= 11 is 1.25. The molecule has 1 N–H and O–H groups in total. The molecule has 0 spiro atoms. The number of ether oxygens (including phenoxy) is 4. The Balaban J connectivity index is 1.75. The number of fused-ring (bicyclic) bond motifs is 1. The van der Waals surface area contributed by atoms with Crippen LogP contribution < -0.4 is 14.8 Å². The van der Waals surface area contributed by atoms with Gasteiger partial charge in [0, 0.05) is 17.5 Å². The number of rotatable bonds is 8. The fraction of sp³-hybridized carbons (Fsp3) is 0.409. The predicted octanol–water partition coefficient (Wildman–Crippen LogP) is 3.47. The van der Waals surface area contributed by atoms with Crippen molar-refractivity contribution in [1.82, 2.24) is 4.90 Å². The fourth-order valence-electron chi connectivity index (χ4n) is 3.28. The summed E-state index contributed by atoms with van der Waals surface area (Å²) in [6.07, 6.45) is 0.0659. The van der Waals surface area contributed by atoms with Crippen molar-refractivity contribution in [2.45, 2.75) is 26.8 Å². The molecular formula is C22H26N2O7S. The van der Waals surface area contributed by atoms with E-state index >= 15 is 0 Å². The van der Waals surface area contributed by atoms with Crippen molar-refractivity contribution < 1.29 is 33.3 Å². The molecule has 2 heterocycles. The van der Waals surface area contributed by atoms with Crippen molar-refractivity contribution in [3.63, 3.8) is 0 Å². The number of esters is 1. The lowest BCUT2D eigenvalue weighted by Gasteiger charge is -2.26. The van der Waals surface area contributed by atoms with Gasteiger partial charge in [0.2, 0.25) is 0 Å². The highest BCUT2D eigenvalue weighted by atomic mass is 32.1. The van der Waals surface area contributed by atoms with Gasteiger partial charge in [-0.2, -0.15) is 0 Å². The monoisotopic (exact) mass is 462 g/mol. The summed E-state index contributed by atoms with van der Waals surface area (Å²) in [5.41, 5.74) is 1.13. The van der Waals surface area contributed by atoms with Crippen LogP contribution >= 0.6 is 11.3 Å². The molecule has 0 fully saturated rings. The van der Waals surface area contributed by atoms with Crippen molar-refractivity contribution >= 4 is 34.3 Å². The minimum absolute atomic E-state index is 0.213. The number of nitrogens with zero attached hydrogens (tertiary/aromatic N) is 1. The zero-order chi connectivity index (χ0) is 23.1. The van der Waals surface area contributed by atoms with Crippen LogP contribution in [0.4, 0.5) is 9.80 Å². The molecule has 9 nitrogen and oxygen atoms in total. The number of nitrogens with one attached hydrogen (secondary N) is 1. The second-order valence-electron chi connectivity index (χ2n) is 6.81. The Morgan fingerprint density at radius 1 is 1.12 bits per heavy atom. The third-order valence-corrected chi connectivity index (χ3v) is 5.86. The lowest BCUT2D eigenvalue weighted by atomic mass is 10.0. The Labute approximate surface area is 190 Å². The Morgan fingerprint density at radius 2 is 1.88 bits per heavy atom. The Bertz CT molecular complexity index is 989. The number of thiophene rings is 1. The van der Waals surface area contributed by atoms with E-state index in [-0.39, 0.29) is 19.8 Å². The molecule has 1 aromatic carbocycles. The number of amides is 2. The number of carbonyl (C=O) groups is 3. The first kappa shape index (κ1) is 23.4. The maximum absolute atomic E-state index is 12.6. The highest BCUT2D eigenvalue weighted by Crippen LogP contribution is 2.38. The maximum Gasteiger partial charge on any atom is 0.410 e. The lowest BCUT2D eigenvalue weighted by molar-refractivity contribution is -0.118. The van der Waals surface area contributed by atoms with Gasteiger partial charge in [-0.15, -0.1) is 11.3 Å². The summed E-state index contributed by atoms with van der Waals surface area (Å²) < 4.78 is 21.0. The smallest absolute Gasteiger partial charge is 0.410 e. The predicted molar refractivity (Wildman–Crippen MR) is 119 cm³/mol. The van der Waals surface area contributed by atoms with Crippen LogP contribution in [0.25, 0.3) is 0 Å². The molecule has 0 radical (unpaired) electrons. The topological polar surface area (TPSA) is 103 Å². The van der Waals surface area contributed by atoms with Gasteiger partial charge in [0.05, 0.1) is 32.4 Å². The van der Waals surface area contributed by atoms with Crippen LogP contribution in [0, 0.1) is 0 Å². The van der Waals surface area contributed by atoms with E-state index < -0.39 is 18.0 Å². The Kier molecular flexibility index (Phi) is 7.93. The minimum atomic E-state index is -0.501. The van der Waals surface area contributed by atoms with Gasteiger partial charge in [0.1, 0.15) is 16.5 Å². The summed E-state index contributed by atoms with van der Waals surface area (Å²) in [6, 6.07) is 6.92. The summed E-state index contributed by atoms with van der Waals surface area (Å²) in [4.78, 5) is 39.7. The third kappa shape index (κ3) is 5.50. The van der Waals surface area contributed by atoms with E-state index in [9.17, 15) is 14.4 Å². The highest BCUT2D eigenvalue weighted by molar-refractivity contribution is 7.17. The van der Waals surface area contributed by atoms with E-state index in [4.69, 9.17) is 18.9 Å². The van der Waals surface area contributed by atoms with Crippen LogP contribution in [0.2, 0.25) is 0 Å². The van der Waals surface area contributed by atoms with Gasteiger partial charge in [-0.05, 0) is 38.0 Å². The van der Waals surface area contributed by atoms with E-state index in [0.29, 0.717) is 41.6 Å². The Hall–Kier alpha value is -3.27. The standard InChI is InChI=1S/C22H26N2O7S/c1-4-29-21(26)19-16-9-10-24(22(27)30-5-2)12-17(16)32-20(19)23-18(25)13-31-15-8-6-7-14(11-15)28-3/h6-8,11H,4-5,9-10,12-13H2,1-3H3,(H,23,25). The Morgan fingerprint density at radius 3 is 2.59 bits per heavy atom. The van der Waals surface area contributed by atoms with Crippen LogP contribution in [0.15, 0.2) is 24.3 Å². The number of carbonyl (C=O) groups excluding carboxylic acids is 3. The van der Waals surface area contributed by atoms with Crippen LogP contribution in [0.3, 0.4) is 0 Å². The van der Waals surface area contributed by atoms with Crippen molar-refractivity contribution in [3.8, 4) is 11.5 Å². The maximum atomic E-state index is 12.6. The van der Waals surface area contributed by atoms with E-state index in [2.05, 4.69) is 5.32 Å². The van der Waals surface area contributed by atoms with Gasteiger partial charge in [-0.3, -0.25) is 4.79 Å². The van der Waals surface area contributed by atoms with Gasteiger partial charge in [-0.25, -0.2) is 9.59 Å². The molecule has 32 heavy (non-hydrogen) atoms. The molecule has 1 aliphatic heterocycles. The van der Waals surface area contributed by atoms with Crippen molar-refractivity contribution in [3.05, 3.63) is 40.3 Å². The molecule has 10 heteroatoms. The summed E-state index contributed by atoms with van der Waals surface area (Å²) in [6.45, 7) is 4.45. The average Bonchev–Trinajstić information content (AvgIpc) is 3.15. The first-order valence-corrected chi connectivity index (χ1v) is 11.1. The second kappa shape index (κ2) is 10.9. The van der Waals surface area contributed by atoms with Crippen LogP contribution in [0.5, 0.6) is 11.5 Å². The molecule has 0 bridgehead atoms. The van der Waals surface area contributed by atoms with E-state index in [1.807, 2.05) is 0 Å². The van der Waals surface area contributed by atoms with Crippen molar-refractivity contribution in [2.75, 3.05) is 38.8 Å². The van der Waals surface area contributed by atoms with Gasteiger partial charge < -0.3 is 29.2 Å². The molecule has 0 aliphatic carbocycles. The third-order valence-electron chi connectivity index (χ3n) is 4.73. The molecule has 1 aliphatic rings. The molecule has 2 aromatic rings. The fourth-order valence-corrected chi connectivity index (χ4v) is 4.55. The first-order valence-electron chi connectivity index (χ1n) is 10.3. The van der Waals surface area contributed by atoms with Gasteiger partial charge in [0.25, 0.3) is 5.91 Å². The number of hydrogen-bond acceptors (Lipinski definition) is 8. The number of hydrogen-bond donors (Lipinski definition) is 1. The highest BCUT2D eigenvalue weighted by Gasteiger charge is 2.31. The lowest BCUT2D eigenvalue weighted by Crippen LogP contribution is -2.36. The molecule has 1 aromatic heterocycles. The van der Waals surface area contributed by atoms with Gasteiger partial charge >= 0.3 is 12.1 Å². The zero-order valence-corrected chi connectivity index (χ0v) is 19.1. The second-order valence-corrected chi connectivity index (χ2v) is 7.92. The van der Waals surface area contributed by atoms with Crippen LogP contribution in [-0.4, -0.2) is 56.3 Å². The normalized spacial score (nSPS) is 12.5. The number of benzene rings is 1. The largest absolute Gasteiger partial charge is 0.497 e. The van der Waals surface area contributed by atoms with E-state index in [1.165, 1.54) is 11.3 Å². The molecule has 0 saturated carbocycles. The van der Waals surface area contributed by atoms with E-state index in [1.54, 1.807) is 50.1 Å². The summed E-state index contributed by atoms with van der Waals surface area (Å²) in [7, 11) is 1.55. The van der Waals surface area contributed by atoms with Crippen molar-refractivity contribution in [2.24, 2.45) is 0 Å². The number of anilines is 1. The quantitative estimate of drug-likeness (QED) is 0.599. The molecule has 0 atom stereocenters. The van der Waals surface area contributed by atoms with Crippen LogP contribution in [-0.2, 0) is 27.2 Å². The molecule has 172 valence electrons.